The van der Waals surface area contributed by atoms with Crippen molar-refractivity contribution >= 4 is 50.5 Å². The van der Waals surface area contributed by atoms with Crippen molar-refractivity contribution in [1.82, 2.24) is 24.4 Å². The molecule has 3 fully saturated rings. The lowest BCUT2D eigenvalue weighted by Crippen LogP contribution is -2.47. The monoisotopic (exact) mass is 600 g/mol. The van der Waals surface area contributed by atoms with Gasteiger partial charge in [0, 0.05) is 63.0 Å². The molecule has 3 aliphatic heterocycles. The minimum Gasteiger partial charge on any atom is -0.356 e. The summed E-state index contributed by atoms with van der Waals surface area (Å²) in [5.41, 5.74) is 2.01. The molecule has 3 saturated heterocycles. The van der Waals surface area contributed by atoms with E-state index in [0.717, 1.165) is 94.3 Å². The van der Waals surface area contributed by atoms with Crippen molar-refractivity contribution in [2.75, 3.05) is 73.1 Å². The smallest absolute Gasteiger partial charge is 0.256 e. The Bertz CT molecular complexity index is 1550. The molecule has 11 nitrogen and oxygen atoms in total. The summed E-state index contributed by atoms with van der Waals surface area (Å²) in [6.45, 7) is 9.63. The molecule has 1 N–H and O–H groups in total. The summed E-state index contributed by atoms with van der Waals surface area (Å²) in [6.07, 6.45) is 4.81. The molecule has 1 aromatic carbocycles. The molecule has 1 atom stereocenters. The van der Waals surface area contributed by atoms with Crippen molar-refractivity contribution in [3.05, 3.63) is 46.6 Å². The van der Waals surface area contributed by atoms with Crippen LogP contribution in [0.4, 0.5) is 17.3 Å². The van der Waals surface area contributed by atoms with Crippen LogP contribution in [0.5, 0.6) is 0 Å². The first kappa shape index (κ1) is 28.0. The summed E-state index contributed by atoms with van der Waals surface area (Å²) < 4.78 is 28.5. The zero-order valence-corrected chi connectivity index (χ0v) is 25.2. The van der Waals surface area contributed by atoms with E-state index in [1.54, 1.807) is 11.0 Å². The molecular weight excluding hydrogens is 564 g/mol. The van der Waals surface area contributed by atoms with Crippen LogP contribution in [0.3, 0.4) is 0 Å². The highest BCUT2D eigenvalue weighted by Gasteiger charge is 2.33. The normalized spacial score (nSPS) is 20.4. The minimum absolute atomic E-state index is 0.218. The predicted molar refractivity (Wildman–Crippen MR) is 162 cm³/mol. The van der Waals surface area contributed by atoms with Crippen LogP contribution < -0.4 is 14.5 Å². The van der Waals surface area contributed by atoms with Gasteiger partial charge in [0.2, 0.25) is 10.0 Å². The molecule has 0 saturated carbocycles. The number of piperazine rings is 1. The second-order valence-electron chi connectivity index (χ2n) is 11.1. The molecule has 0 spiro atoms. The Kier molecular flexibility index (Phi) is 7.73. The molecular formula is C28H37ClN8O3S. The highest BCUT2D eigenvalue weighted by Crippen LogP contribution is 2.35. The van der Waals surface area contributed by atoms with Gasteiger partial charge in [-0.15, -0.1) is 0 Å². The number of fused-ring (bicyclic) bond motifs is 1. The molecule has 0 unspecified atom stereocenters. The number of nitrogens with one attached hydrogen (secondary N) is 1. The maximum atomic E-state index is 14.0. The number of rotatable bonds is 7. The average molecular weight is 601 g/mol. The minimum atomic E-state index is -3.59. The number of amides is 1. The van der Waals surface area contributed by atoms with Gasteiger partial charge in [-0.1, -0.05) is 18.5 Å². The standard InChI is InChI=1S/C28H37ClN8O3S/c1-3-33-13-15-35(16-14-33)27-19-25(34-10-6-11-34)30-26-18-23(31-37(26)27)24-7-4-5-12-36(24)28(38)21-17-20(29)8-9-22(21)32-41(2,39)40/h8-9,17-19,24,32H,3-7,10-16H2,1-2H3/t24-/m0/s1. The van der Waals surface area contributed by atoms with Gasteiger partial charge in [-0.3, -0.25) is 9.52 Å². The van der Waals surface area contributed by atoms with Gasteiger partial charge in [-0.05, 0) is 50.4 Å². The number of halogens is 1. The van der Waals surface area contributed by atoms with Crippen molar-refractivity contribution < 1.29 is 13.2 Å². The number of piperidine rings is 1. The lowest BCUT2D eigenvalue weighted by Gasteiger charge is -2.37. The van der Waals surface area contributed by atoms with Crippen LogP contribution in [0.15, 0.2) is 30.3 Å². The van der Waals surface area contributed by atoms with E-state index in [2.05, 4.69) is 32.4 Å². The second kappa shape index (κ2) is 11.3. The molecule has 0 bridgehead atoms. The topological polar surface area (TPSA) is 106 Å². The lowest BCUT2D eigenvalue weighted by atomic mass is 9.98. The van der Waals surface area contributed by atoms with Crippen LogP contribution in [0.1, 0.15) is 54.7 Å². The predicted octanol–water partition coefficient (Wildman–Crippen LogP) is 3.47. The number of likely N-dealkylation sites (tertiary alicyclic amines) is 1. The van der Waals surface area contributed by atoms with E-state index >= 15 is 0 Å². The molecule has 13 heteroatoms. The van der Waals surface area contributed by atoms with E-state index in [4.69, 9.17) is 21.7 Å². The maximum absolute atomic E-state index is 14.0. The summed E-state index contributed by atoms with van der Waals surface area (Å²) >= 11 is 6.26. The summed E-state index contributed by atoms with van der Waals surface area (Å²) in [6, 6.07) is 8.54. The third-order valence-electron chi connectivity index (χ3n) is 8.35. The van der Waals surface area contributed by atoms with Crippen LogP contribution in [0.2, 0.25) is 5.02 Å². The zero-order valence-electron chi connectivity index (χ0n) is 23.6. The van der Waals surface area contributed by atoms with E-state index in [-0.39, 0.29) is 23.2 Å². The van der Waals surface area contributed by atoms with E-state index in [9.17, 15) is 13.2 Å². The average Bonchev–Trinajstić information content (AvgIpc) is 3.36. The number of carbonyl (C=O) groups excluding carboxylic acids is 1. The third-order valence-corrected chi connectivity index (χ3v) is 9.18. The third kappa shape index (κ3) is 5.82. The van der Waals surface area contributed by atoms with E-state index in [0.29, 0.717) is 11.6 Å². The fourth-order valence-electron chi connectivity index (χ4n) is 5.97. The van der Waals surface area contributed by atoms with E-state index in [1.165, 1.54) is 18.6 Å². The van der Waals surface area contributed by atoms with Gasteiger partial charge in [-0.25, -0.2) is 13.4 Å². The molecule has 2 aromatic heterocycles. The summed E-state index contributed by atoms with van der Waals surface area (Å²) in [4.78, 5) is 27.9. The Morgan fingerprint density at radius 2 is 1.78 bits per heavy atom. The Morgan fingerprint density at radius 1 is 1.00 bits per heavy atom. The van der Waals surface area contributed by atoms with Crippen LogP contribution in [0.25, 0.3) is 5.65 Å². The van der Waals surface area contributed by atoms with E-state index in [1.807, 2.05) is 10.6 Å². The number of aromatic nitrogens is 3. The van der Waals surface area contributed by atoms with Gasteiger partial charge in [0.05, 0.1) is 29.2 Å². The highest BCUT2D eigenvalue weighted by molar-refractivity contribution is 7.92. The largest absolute Gasteiger partial charge is 0.356 e. The van der Waals surface area contributed by atoms with Gasteiger partial charge in [0.1, 0.15) is 11.6 Å². The van der Waals surface area contributed by atoms with Gasteiger partial charge in [-0.2, -0.15) is 9.61 Å². The molecule has 41 heavy (non-hydrogen) atoms. The van der Waals surface area contributed by atoms with Crippen LogP contribution >= 0.6 is 11.6 Å². The van der Waals surface area contributed by atoms with Gasteiger partial charge >= 0.3 is 0 Å². The molecule has 3 aromatic rings. The number of benzene rings is 1. The van der Waals surface area contributed by atoms with Crippen molar-refractivity contribution in [3.8, 4) is 0 Å². The number of nitrogens with zero attached hydrogens (tertiary/aromatic N) is 7. The van der Waals surface area contributed by atoms with Gasteiger partial charge in [0.15, 0.2) is 5.65 Å². The van der Waals surface area contributed by atoms with Crippen molar-refractivity contribution in [3.63, 3.8) is 0 Å². The maximum Gasteiger partial charge on any atom is 0.256 e. The number of anilines is 3. The molecule has 0 radical (unpaired) electrons. The Morgan fingerprint density at radius 3 is 2.46 bits per heavy atom. The Hall–Kier alpha value is -3.09. The van der Waals surface area contributed by atoms with Crippen LogP contribution in [-0.4, -0.2) is 97.3 Å². The van der Waals surface area contributed by atoms with Crippen molar-refractivity contribution in [2.24, 2.45) is 0 Å². The first-order valence-corrected chi connectivity index (χ1v) is 16.7. The van der Waals surface area contributed by atoms with Gasteiger partial charge < -0.3 is 19.6 Å². The molecule has 6 rings (SSSR count). The fraction of sp³-hybridized carbons (Fsp3) is 0.536. The number of hydrogen-bond donors (Lipinski definition) is 1. The van der Waals surface area contributed by atoms with Crippen LogP contribution in [0, 0.1) is 0 Å². The molecule has 1 amide bonds. The SMILES string of the molecule is CCN1CCN(c2cc(N3CCC3)nc3cc([C@@H]4CCCCN4C(=O)c4cc(Cl)ccc4NS(C)(=O)=O)nn23)CC1. The molecule has 0 aliphatic carbocycles. The number of likely N-dealkylation sites (N-methyl/N-ethyl adjacent to an activating group) is 1. The summed E-state index contributed by atoms with van der Waals surface area (Å²) in [5.74, 6) is 1.72. The lowest BCUT2D eigenvalue weighted by molar-refractivity contribution is 0.0607. The highest BCUT2D eigenvalue weighted by atomic mass is 35.5. The van der Waals surface area contributed by atoms with Gasteiger partial charge in [0.25, 0.3) is 5.91 Å². The fourth-order valence-corrected chi connectivity index (χ4v) is 6.72. The summed E-state index contributed by atoms with van der Waals surface area (Å²) in [7, 11) is -3.59. The Labute approximate surface area is 246 Å². The quantitative estimate of drug-likeness (QED) is 0.439. The summed E-state index contributed by atoms with van der Waals surface area (Å²) in [5, 5.41) is 5.43. The van der Waals surface area contributed by atoms with Crippen LogP contribution in [-0.2, 0) is 10.0 Å². The van der Waals surface area contributed by atoms with Crippen molar-refractivity contribution in [2.45, 2.75) is 38.6 Å². The van der Waals surface area contributed by atoms with E-state index < -0.39 is 10.0 Å². The first-order chi connectivity index (χ1) is 19.7. The molecule has 5 heterocycles. The molecule has 220 valence electrons. The molecule has 3 aliphatic rings. The number of carbonyl (C=O) groups is 1. The van der Waals surface area contributed by atoms with Crippen molar-refractivity contribution in [1.29, 1.82) is 0 Å². The Balaban J connectivity index is 1.37. The first-order valence-electron chi connectivity index (χ1n) is 14.4. The zero-order chi connectivity index (χ0) is 28.7. The second-order valence-corrected chi connectivity index (χ2v) is 13.3. The number of hydrogen-bond acceptors (Lipinski definition) is 8. The number of sulfonamides is 1.